The zero-order valence-corrected chi connectivity index (χ0v) is 13.0. The van der Waals surface area contributed by atoms with Crippen molar-refractivity contribution in [2.45, 2.75) is 32.1 Å². The van der Waals surface area contributed by atoms with Crippen LogP contribution in [0.4, 0.5) is 0 Å². The number of halogens is 1. The third kappa shape index (κ3) is 4.03. The molecule has 1 aliphatic rings. The fourth-order valence-corrected chi connectivity index (χ4v) is 2.25. The van der Waals surface area contributed by atoms with E-state index in [1.807, 2.05) is 24.3 Å². The minimum atomic E-state index is -0.542. The summed E-state index contributed by atoms with van der Waals surface area (Å²) in [5, 5.41) is 0.590. The number of nitrogens with zero attached hydrogens (tertiary/aromatic N) is 1. The number of benzene rings is 1. The summed E-state index contributed by atoms with van der Waals surface area (Å²) in [6.07, 6.45) is 1.80. The van der Waals surface area contributed by atoms with E-state index < -0.39 is 17.8 Å². The molecule has 0 saturated carbocycles. The van der Waals surface area contributed by atoms with Gasteiger partial charge in [0.15, 0.2) is 0 Å². The molecule has 1 fully saturated rings. The van der Waals surface area contributed by atoms with Crippen LogP contribution in [-0.4, -0.2) is 22.8 Å². The lowest BCUT2D eigenvalue weighted by molar-refractivity contribution is -0.197. The van der Waals surface area contributed by atoms with Crippen molar-refractivity contribution in [1.82, 2.24) is 5.06 Å². The van der Waals surface area contributed by atoms with E-state index in [1.165, 1.54) is 0 Å². The van der Waals surface area contributed by atoms with Crippen LogP contribution in [0, 0.1) is 3.57 Å². The summed E-state index contributed by atoms with van der Waals surface area (Å²) in [6.45, 7) is 0. The minimum Gasteiger partial charge on any atom is -0.330 e. The van der Waals surface area contributed by atoms with Gasteiger partial charge >= 0.3 is 5.97 Å². The van der Waals surface area contributed by atoms with E-state index in [-0.39, 0.29) is 19.3 Å². The van der Waals surface area contributed by atoms with E-state index in [9.17, 15) is 14.4 Å². The van der Waals surface area contributed by atoms with E-state index in [2.05, 4.69) is 22.6 Å². The van der Waals surface area contributed by atoms with E-state index in [4.69, 9.17) is 4.84 Å². The van der Waals surface area contributed by atoms with Crippen LogP contribution < -0.4 is 0 Å². The fraction of sp³-hybridized carbons (Fsp3) is 0.357. The average molecular weight is 383 g/mol. The first-order chi connectivity index (χ1) is 9.56. The van der Waals surface area contributed by atoms with Crippen LogP contribution in [0.1, 0.15) is 31.2 Å². The molecule has 0 atom stereocenters. The van der Waals surface area contributed by atoms with Crippen LogP contribution in [0.25, 0.3) is 0 Å². The van der Waals surface area contributed by atoms with Crippen molar-refractivity contribution in [2.24, 2.45) is 0 Å². The summed E-state index contributed by atoms with van der Waals surface area (Å²) in [4.78, 5) is 38.9. The molecule has 1 aromatic carbocycles. The summed E-state index contributed by atoms with van der Waals surface area (Å²) < 4.78 is 1.16. The van der Waals surface area contributed by atoms with Gasteiger partial charge in [-0.3, -0.25) is 9.59 Å². The van der Waals surface area contributed by atoms with Gasteiger partial charge in [0.2, 0.25) is 0 Å². The number of imide groups is 1. The Morgan fingerprint density at radius 2 is 1.75 bits per heavy atom. The summed E-state index contributed by atoms with van der Waals surface area (Å²) in [5.74, 6) is -1.43. The Kier molecular flexibility index (Phi) is 5.11. The van der Waals surface area contributed by atoms with Gasteiger partial charge in [0.1, 0.15) is 0 Å². The van der Waals surface area contributed by atoms with Gasteiger partial charge < -0.3 is 4.84 Å². The number of aryl methyl sites for hydroxylation is 1. The fourth-order valence-electron chi connectivity index (χ4n) is 1.89. The second kappa shape index (κ2) is 6.83. The molecule has 2 amide bonds. The highest BCUT2D eigenvalue weighted by molar-refractivity contribution is 14.1. The molecule has 5 nitrogen and oxygen atoms in total. The van der Waals surface area contributed by atoms with Crippen LogP contribution in [-0.2, 0) is 25.6 Å². The molecule has 0 bridgehead atoms. The standard InChI is InChI=1S/C14H14INO4/c15-11-6-4-10(5-7-11)2-1-3-14(19)20-16-12(17)8-9-13(16)18/h4-7H,1-3,8-9H2/i15-4. The van der Waals surface area contributed by atoms with Gasteiger partial charge in [0.25, 0.3) is 11.8 Å². The summed E-state index contributed by atoms with van der Waals surface area (Å²) in [6, 6.07) is 8.05. The first-order valence-corrected chi connectivity index (χ1v) is 7.45. The second-order valence-electron chi connectivity index (χ2n) is 4.53. The van der Waals surface area contributed by atoms with Crippen molar-refractivity contribution in [2.75, 3.05) is 0 Å². The molecule has 0 N–H and O–H groups in total. The Morgan fingerprint density at radius 3 is 2.35 bits per heavy atom. The largest absolute Gasteiger partial charge is 0.333 e. The molecule has 2 rings (SSSR count). The highest BCUT2D eigenvalue weighted by atomic mass is 123. The van der Waals surface area contributed by atoms with Gasteiger partial charge in [-0.2, -0.15) is 0 Å². The lowest BCUT2D eigenvalue weighted by atomic mass is 10.1. The summed E-state index contributed by atoms with van der Waals surface area (Å²) in [7, 11) is 0. The normalized spacial score (nSPS) is 14.8. The molecule has 0 radical (unpaired) electrons. The maximum atomic E-state index is 11.6. The Labute approximate surface area is 130 Å². The molecule has 1 aliphatic heterocycles. The van der Waals surface area contributed by atoms with Crippen molar-refractivity contribution in [3.8, 4) is 0 Å². The number of hydroxylamine groups is 2. The highest BCUT2D eigenvalue weighted by Crippen LogP contribution is 2.14. The number of carbonyl (C=O) groups is 3. The number of rotatable bonds is 5. The van der Waals surface area contributed by atoms with Gasteiger partial charge in [-0.25, -0.2) is 4.79 Å². The Bertz CT molecular complexity index is 510. The highest BCUT2D eigenvalue weighted by Gasteiger charge is 2.32. The van der Waals surface area contributed by atoms with Crippen LogP contribution in [0.2, 0.25) is 0 Å². The Hall–Kier alpha value is -1.44. The topological polar surface area (TPSA) is 63.7 Å². The SMILES string of the molecule is O=C(CCCc1ccc([123I])cc1)ON1C(=O)CCC1=O. The molecule has 106 valence electrons. The van der Waals surface area contributed by atoms with E-state index >= 15 is 0 Å². The third-order valence-corrected chi connectivity index (χ3v) is 3.68. The van der Waals surface area contributed by atoms with Crippen molar-refractivity contribution in [1.29, 1.82) is 0 Å². The maximum absolute atomic E-state index is 11.6. The maximum Gasteiger partial charge on any atom is 0.333 e. The number of carbonyl (C=O) groups excluding carboxylic acids is 3. The predicted molar refractivity (Wildman–Crippen MR) is 79.3 cm³/mol. The third-order valence-electron chi connectivity index (χ3n) is 2.96. The summed E-state index contributed by atoms with van der Waals surface area (Å²) >= 11 is 2.23. The first kappa shape index (κ1) is 15.0. The number of hydrogen-bond acceptors (Lipinski definition) is 4. The van der Waals surface area contributed by atoms with Crippen molar-refractivity contribution >= 4 is 40.4 Å². The molecule has 1 aromatic rings. The Morgan fingerprint density at radius 1 is 1.15 bits per heavy atom. The molecule has 1 saturated heterocycles. The molecular formula is C14H14INO4. The molecule has 0 aliphatic carbocycles. The van der Waals surface area contributed by atoms with Gasteiger partial charge in [-0.15, -0.1) is 5.06 Å². The van der Waals surface area contributed by atoms with Crippen molar-refractivity contribution < 1.29 is 19.2 Å². The number of hydrogen-bond donors (Lipinski definition) is 0. The zero-order valence-electron chi connectivity index (χ0n) is 10.8. The predicted octanol–water partition coefficient (Wildman–Crippen LogP) is 2.22. The van der Waals surface area contributed by atoms with Crippen molar-refractivity contribution in [3.05, 3.63) is 33.4 Å². The molecule has 0 spiro atoms. The van der Waals surface area contributed by atoms with Gasteiger partial charge in [0, 0.05) is 22.8 Å². The molecule has 0 unspecified atom stereocenters. The van der Waals surface area contributed by atoms with Crippen LogP contribution in [0.15, 0.2) is 24.3 Å². The molecule has 1 heterocycles. The first-order valence-electron chi connectivity index (χ1n) is 6.37. The van der Waals surface area contributed by atoms with E-state index in [0.29, 0.717) is 11.5 Å². The van der Waals surface area contributed by atoms with Crippen LogP contribution >= 0.6 is 22.6 Å². The molecule has 20 heavy (non-hydrogen) atoms. The lowest BCUT2D eigenvalue weighted by Crippen LogP contribution is -2.31. The average Bonchev–Trinajstić information content (AvgIpc) is 2.73. The van der Waals surface area contributed by atoms with Gasteiger partial charge in [-0.1, -0.05) is 12.1 Å². The molecular weight excluding hydrogens is 369 g/mol. The van der Waals surface area contributed by atoms with Gasteiger partial charge in [0.05, 0.1) is 0 Å². The second-order valence-corrected chi connectivity index (χ2v) is 5.77. The van der Waals surface area contributed by atoms with E-state index in [1.54, 1.807) is 0 Å². The summed E-state index contributed by atoms with van der Waals surface area (Å²) in [5.41, 5.74) is 1.14. The minimum absolute atomic E-state index is 0.120. The van der Waals surface area contributed by atoms with Gasteiger partial charge in [-0.05, 0) is 53.1 Å². The van der Waals surface area contributed by atoms with E-state index in [0.717, 1.165) is 15.6 Å². The zero-order chi connectivity index (χ0) is 14.5. The Balaban J connectivity index is 1.74. The number of amides is 2. The molecule has 0 aromatic heterocycles. The monoisotopic (exact) mass is 383 g/mol. The van der Waals surface area contributed by atoms with Crippen LogP contribution in [0.5, 0.6) is 0 Å². The van der Waals surface area contributed by atoms with Crippen LogP contribution in [0.3, 0.4) is 0 Å². The quantitative estimate of drug-likeness (QED) is 0.578. The smallest absolute Gasteiger partial charge is 0.330 e. The molecule has 6 heteroatoms. The van der Waals surface area contributed by atoms with Crippen molar-refractivity contribution in [3.63, 3.8) is 0 Å². The lowest BCUT2D eigenvalue weighted by Gasteiger charge is -2.12.